The van der Waals surface area contributed by atoms with Crippen LogP contribution in [0.1, 0.15) is 18.4 Å². The van der Waals surface area contributed by atoms with Gasteiger partial charge in [-0.25, -0.2) is 4.68 Å². The second kappa shape index (κ2) is 6.72. The number of nitro benzene ring substituents is 1. The summed E-state index contributed by atoms with van der Waals surface area (Å²) in [5.41, 5.74) is 0.0979. The second-order valence-corrected chi connectivity index (χ2v) is 5.94. The standard InChI is InChI=1S/C13H12N6O3S/c14-7-9-6-10(19(20)21)3-4-12(9)23-13-15-16-17-18(13)8-11-2-1-5-22-11/h3-4,6,11H,1-2,5,8H2. The van der Waals surface area contributed by atoms with E-state index in [0.717, 1.165) is 19.4 Å². The number of hydrogen-bond acceptors (Lipinski definition) is 8. The maximum absolute atomic E-state index is 10.8. The predicted molar refractivity (Wildman–Crippen MR) is 78.7 cm³/mol. The van der Waals surface area contributed by atoms with Crippen molar-refractivity contribution in [1.82, 2.24) is 20.2 Å². The first-order valence-electron chi connectivity index (χ1n) is 6.91. The molecule has 1 atom stereocenters. The molecule has 0 saturated carbocycles. The van der Waals surface area contributed by atoms with Crippen LogP contribution in [-0.2, 0) is 11.3 Å². The quantitative estimate of drug-likeness (QED) is 0.600. The normalized spacial score (nSPS) is 17.1. The summed E-state index contributed by atoms with van der Waals surface area (Å²) in [6.45, 7) is 1.29. The summed E-state index contributed by atoms with van der Waals surface area (Å²) in [7, 11) is 0. The van der Waals surface area contributed by atoms with Gasteiger partial charge in [0.05, 0.1) is 23.1 Å². The average molecular weight is 332 g/mol. The van der Waals surface area contributed by atoms with Crippen LogP contribution in [-0.4, -0.2) is 37.8 Å². The van der Waals surface area contributed by atoms with Crippen molar-refractivity contribution in [3.8, 4) is 6.07 Å². The number of tetrazole rings is 1. The first kappa shape index (κ1) is 15.4. The van der Waals surface area contributed by atoms with Crippen LogP contribution in [0, 0.1) is 21.4 Å². The summed E-state index contributed by atoms with van der Waals surface area (Å²) in [4.78, 5) is 10.8. The van der Waals surface area contributed by atoms with E-state index < -0.39 is 4.92 Å². The van der Waals surface area contributed by atoms with Gasteiger partial charge < -0.3 is 4.74 Å². The van der Waals surface area contributed by atoms with Crippen LogP contribution in [0.25, 0.3) is 0 Å². The summed E-state index contributed by atoms with van der Waals surface area (Å²) in [6.07, 6.45) is 2.08. The number of benzene rings is 1. The Bertz CT molecular complexity index is 765. The molecule has 1 fully saturated rings. The van der Waals surface area contributed by atoms with Crippen molar-refractivity contribution >= 4 is 17.4 Å². The lowest BCUT2D eigenvalue weighted by Crippen LogP contribution is -2.16. The number of nitrogens with zero attached hydrogens (tertiary/aromatic N) is 6. The molecule has 23 heavy (non-hydrogen) atoms. The van der Waals surface area contributed by atoms with Gasteiger partial charge in [-0.1, -0.05) is 0 Å². The fourth-order valence-corrected chi connectivity index (χ4v) is 3.11. The monoisotopic (exact) mass is 332 g/mol. The van der Waals surface area contributed by atoms with Crippen LogP contribution >= 0.6 is 11.8 Å². The van der Waals surface area contributed by atoms with Crippen molar-refractivity contribution in [3.05, 3.63) is 33.9 Å². The summed E-state index contributed by atoms with van der Waals surface area (Å²) < 4.78 is 7.19. The highest BCUT2D eigenvalue weighted by atomic mass is 32.2. The molecule has 1 saturated heterocycles. The molecule has 0 N–H and O–H groups in total. The smallest absolute Gasteiger partial charge is 0.270 e. The zero-order valence-electron chi connectivity index (χ0n) is 12.0. The zero-order chi connectivity index (χ0) is 16.2. The van der Waals surface area contributed by atoms with Crippen molar-refractivity contribution in [2.75, 3.05) is 6.61 Å². The second-order valence-electron chi connectivity index (χ2n) is 4.93. The fourth-order valence-electron chi connectivity index (χ4n) is 2.27. The van der Waals surface area contributed by atoms with Gasteiger partial charge in [-0.3, -0.25) is 10.1 Å². The molecular formula is C13H12N6O3S. The number of ether oxygens (including phenoxy) is 1. The minimum Gasteiger partial charge on any atom is -0.376 e. The lowest BCUT2D eigenvalue weighted by molar-refractivity contribution is -0.384. The molecule has 118 valence electrons. The van der Waals surface area contributed by atoms with E-state index in [1.807, 2.05) is 6.07 Å². The first-order chi connectivity index (χ1) is 11.2. The third kappa shape index (κ3) is 3.46. The molecular weight excluding hydrogens is 320 g/mol. The third-order valence-corrected chi connectivity index (χ3v) is 4.45. The van der Waals surface area contributed by atoms with Gasteiger partial charge in [0.15, 0.2) is 0 Å². The minimum absolute atomic E-state index is 0.0881. The van der Waals surface area contributed by atoms with Gasteiger partial charge in [-0.2, -0.15) is 5.26 Å². The number of rotatable bonds is 5. The third-order valence-electron chi connectivity index (χ3n) is 3.40. The van der Waals surface area contributed by atoms with Crippen LogP contribution in [0.2, 0.25) is 0 Å². The summed E-state index contributed by atoms with van der Waals surface area (Å²) >= 11 is 1.20. The van der Waals surface area contributed by atoms with E-state index in [9.17, 15) is 15.4 Å². The molecule has 0 spiro atoms. The average Bonchev–Trinajstić information content (AvgIpc) is 3.20. The Labute approximate surface area is 135 Å². The lowest BCUT2D eigenvalue weighted by atomic mass is 10.2. The molecule has 2 heterocycles. The van der Waals surface area contributed by atoms with Gasteiger partial charge in [0.1, 0.15) is 6.07 Å². The molecule has 1 unspecified atom stereocenters. The highest BCUT2D eigenvalue weighted by Crippen LogP contribution is 2.31. The molecule has 1 aromatic carbocycles. The Balaban J connectivity index is 1.81. The Morgan fingerprint density at radius 1 is 1.57 bits per heavy atom. The number of non-ortho nitro benzene ring substituents is 1. The molecule has 1 aliphatic heterocycles. The number of hydrogen-bond donors (Lipinski definition) is 0. The lowest BCUT2D eigenvalue weighted by Gasteiger charge is -2.10. The largest absolute Gasteiger partial charge is 0.376 e. The Morgan fingerprint density at radius 2 is 2.43 bits per heavy atom. The van der Waals surface area contributed by atoms with Crippen molar-refractivity contribution in [2.45, 2.75) is 35.5 Å². The molecule has 0 aliphatic carbocycles. The van der Waals surface area contributed by atoms with E-state index in [4.69, 9.17) is 4.74 Å². The molecule has 2 aromatic rings. The van der Waals surface area contributed by atoms with Crippen LogP contribution in [0.4, 0.5) is 5.69 Å². The molecule has 1 aliphatic rings. The maximum atomic E-state index is 10.8. The Kier molecular flexibility index (Phi) is 4.50. The molecule has 0 radical (unpaired) electrons. The SMILES string of the molecule is N#Cc1cc([N+](=O)[O-])ccc1Sc1nnnn1CC1CCCO1. The number of nitriles is 1. The van der Waals surface area contributed by atoms with Crippen LogP contribution in [0.5, 0.6) is 0 Å². The van der Waals surface area contributed by atoms with E-state index in [2.05, 4.69) is 15.5 Å². The van der Waals surface area contributed by atoms with Crippen molar-refractivity contribution in [3.63, 3.8) is 0 Å². The first-order valence-corrected chi connectivity index (χ1v) is 7.73. The maximum Gasteiger partial charge on any atom is 0.270 e. The highest BCUT2D eigenvalue weighted by Gasteiger charge is 2.20. The minimum atomic E-state index is -0.531. The van der Waals surface area contributed by atoms with Crippen molar-refractivity contribution in [2.24, 2.45) is 0 Å². The molecule has 10 heteroatoms. The van der Waals surface area contributed by atoms with Crippen LogP contribution < -0.4 is 0 Å². The summed E-state index contributed by atoms with van der Waals surface area (Å²) in [6, 6.07) is 6.11. The van der Waals surface area contributed by atoms with Crippen molar-refractivity contribution in [1.29, 1.82) is 5.26 Å². The number of nitro groups is 1. The molecule has 1 aromatic heterocycles. The van der Waals surface area contributed by atoms with Crippen molar-refractivity contribution < 1.29 is 9.66 Å². The fraction of sp³-hybridized carbons (Fsp3) is 0.385. The van der Waals surface area contributed by atoms with Gasteiger partial charge >= 0.3 is 0 Å². The van der Waals surface area contributed by atoms with E-state index in [1.165, 1.54) is 30.0 Å². The van der Waals surface area contributed by atoms with Gasteiger partial charge in [0.2, 0.25) is 5.16 Å². The predicted octanol–water partition coefficient (Wildman–Crippen LogP) is 1.78. The van der Waals surface area contributed by atoms with Crippen LogP contribution in [0.15, 0.2) is 28.3 Å². The molecule has 0 bridgehead atoms. The Hall–Kier alpha value is -2.51. The van der Waals surface area contributed by atoms with E-state index in [-0.39, 0.29) is 17.4 Å². The van der Waals surface area contributed by atoms with Crippen LogP contribution in [0.3, 0.4) is 0 Å². The van der Waals surface area contributed by atoms with Gasteiger partial charge in [-0.15, -0.1) is 5.10 Å². The van der Waals surface area contributed by atoms with Gasteiger partial charge in [0.25, 0.3) is 5.69 Å². The molecule has 3 rings (SSSR count). The summed E-state index contributed by atoms with van der Waals surface area (Å²) in [5.74, 6) is 0. The van der Waals surface area contributed by atoms with E-state index in [1.54, 1.807) is 4.68 Å². The Morgan fingerprint density at radius 3 is 3.13 bits per heavy atom. The molecule has 0 amide bonds. The topological polar surface area (TPSA) is 120 Å². The highest BCUT2D eigenvalue weighted by molar-refractivity contribution is 7.99. The zero-order valence-corrected chi connectivity index (χ0v) is 12.8. The van der Waals surface area contributed by atoms with E-state index >= 15 is 0 Å². The molecule has 9 nitrogen and oxygen atoms in total. The van der Waals surface area contributed by atoms with Gasteiger partial charge in [-0.05, 0) is 41.1 Å². The van der Waals surface area contributed by atoms with E-state index in [0.29, 0.717) is 16.6 Å². The number of aromatic nitrogens is 4. The summed E-state index contributed by atoms with van der Waals surface area (Å²) in [5, 5.41) is 32.0. The van der Waals surface area contributed by atoms with Gasteiger partial charge in [0, 0.05) is 23.6 Å².